The van der Waals surface area contributed by atoms with Crippen molar-refractivity contribution in [2.45, 2.75) is 44.8 Å². The number of nitrogens with one attached hydrogen (secondary N) is 1. The van der Waals surface area contributed by atoms with E-state index >= 15 is 0 Å². The molecule has 5 atom stereocenters. The highest BCUT2D eigenvalue weighted by Crippen LogP contribution is 2.54. The zero-order chi connectivity index (χ0) is 17.4. The Balaban J connectivity index is 1.28. The van der Waals surface area contributed by atoms with Crippen LogP contribution in [0.1, 0.15) is 31.7 Å². The number of aliphatic hydroxyl groups is 1. The molecule has 2 bridgehead atoms. The Morgan fingerprint density at radius 2 is 2.24 bits per heavy atom. The van der Waals surface area contributed by atoms with Crippen molar-refractivity contribution in [2.75, 3.05) is 19.7 Å². The minimum absolute atomic E-state index is 0.0162. The van der Waals surface area contributed by atoms with Crippen molar-refractivity contribution < 1.29 is 14.6 Å². The average molecular weight is 344 g/mol. The Labute approximate surface area is 149 Å². The van der Waals surface area contributed by atoms with Crippen molar-refractivity contribution in [3.8, 4) is 5.75 Å². The monoisotopic (exact) mass is 344 g/mol. The fourth-order valence-electron chi connectivity index (χ4n) is 5.08. The fraction of sp³-hybridized carbons (Fsp3) is 0.650. The lowest BCUT2D eigenvalue weighted by Gasteiger charge is -2.28. The quantitative estimate of drug-likeness (QED) is 0.833. The van der Waals surface area contributed by atoms with Crippen LogP contribution < -0.4 is 10.1 Å². The predicted octanol–water partition coefficient (Wildman–Crippen LogP) is 2.43. The standard InChI is InChI=1S/C20H28N2O3/c1-2-8-25-16-5-3-4-13(9-16)6-7-21-20(24)22-12-15-10-14-11-17(15)18(22)19(14)23/h3-5,9,14-15,17-19,23H,2,6-8,10-12H2,1H3,(H,21,24)/t14-,15-,17+,18-,19+/m0/s1. The summed E-state index contributed by atoms with van der Waals surface area (Å²) in [5.41, 5.74) is 1.16. The van der Waals surface area contributed by atoms with Gasteiger partial charge in [-0.3, -0.25) is 0 Å². The highest BCUT2D eigenvalue weighted by molar-refractivity contribution is 5.75. The van der Waals surface area contributed by atoms with Gasteiger partial charge in [0.15, 0.2) is 0 Å². The number of hydrogen-bond donors (Lipinski definition) is 2. The van der Waals surface area contributed by atoms with Gasteiger partial charge in [0.05, 0.1) is 18.8 Å². The van der Waals surface area contributed by atoms with Crippen LogP contribution in [0.2, 0.25) is 0 Å². The van der Waals surface area contributed by atoms with Crippen LogP contribution in [0.4, 0.5) is 4.79 Å². The molecule has 1 aromatic rings. The van der Waals surface area contributed by atoms with E-state index in [2.05, 4.69) is 18.3 Å². The first-order valence-electron chi connectivity index (χ1n) is 9.61. The normalized spacial score (nSPS) is 32.2. The van der Waals surface area contributed by atoms with Crippen LogP contribution in [0, 0.1) is 17.8 Å². The molecule has 1 aliphatic heterocycles. The molecule has 0 unspecified atom stereocenters. The topological polar surface area (TPSA) is 61.8 Å². The number of hydrogen-bond acceptors (Lipinski definition) is 3. The number of rotatable bonds is 6. The molecule has 2 saturated carbocycles. The second-order valence-electron chi connectivity index (χ2n) is 7.77. The molecule has 25 heavy (non-hydrogen) atoms. The molecule has 136 valence electrons. The molecule has 0 aromatic heterocycles. The first-order chi connectivity index (χ1) is 12.2. The molecule has 5 heteroatoms. The highest BCUT2D eigenvalue weighted by atomic mass is 16.5. The van der Waals surface area contributed by atoms with Crippen LogP contribution in [0.15, 0.2) is 24.3 Å². The molecule has 1 aromatic carbocycles. The molecule has 3 aliphatic rings. The van der Waals surface area contributed by atoms with Crippen molar-refractivity contribution >= 4 is 6.03 Å². The Hall–Kier alpha value is -1.75. The lowest BCUT2D eigenvalue weighted by molar-refractivity contribution is 0.0609. The Morgan fingerprint density at radius 3 is 3.04 bits per heavy atom. The second kappa shape index (κ2) is 6.87. The molecular formula is C20H28N2O3. The predicted molar refractivity (Wildman–Crippen MR) is 95.5 cm³/mol. The average Bonchev–Trinajstić information content (AvgIpc) is 3.23. The number of nitrogens with zero attached hydrogens (tertiary/aromatic N) is 1. The van der Waals surface area contributed by atoms with Crippen LogP contribution in [0.5, 0.6) is 5.75 Å². The maximum atomic E-state index is 12.6. The molecule has 2 amide bonds. The fourth-order valence-corrected chi connectivity index (χ4v) is 5.08. The Bertz CT molecular complexity index is 633. The van der Waals surface area contributed by atoms with Gasteiger partial charge in [-0.2, -0.15) is 0 Å². The number of urea groups is 1. The summed E-state index contributed by atoms with van der Waals surface area (Å²) in [4.78, 5) is 14.5. The smallest absolute Gasteiger partial charge is 0.317 e. The van der Waals surface area contributed by atoms with Gasteiger partial charge in [0.1, 0.15) is 5.75 Å². The lowest BCUT2D eigenvalue weighted by Crippen LogP contribution is -2.48. The van der Waals surface area contributed by atoms with Gasteiger partial charge in [-0.15, -0.1) is 0 Å². The van der Waals surface area contributed by atoms with Gasteiger partial charge in [0.25, 0.3) is 0 Å². The molecular weight excluding hydrogens is 316 g/mol. The summed E-state index contributed by atoms with van der Waals surface area (Å²) in [5.74, 6) is 2.44. The van der Waals surface area contributed by atoms with Crippen molar-refractivity contribution in [1.82, 2.24) is 10.2 Å². The molecule has 0 radical (unpaired) electrons. The largest absolute Gasteiger partial charge is 0.494 e. The molecule has 3 fully saturated rings. The van der Waals surface area contributed by atoms with Crippen LogP contribution in [-0.4, -0.2) is 47.9 Å². The van der Waals surface area contributed by atoms with Gasteiger partial charge in [0, 0.05) is 13.1 Å². The maximum Gasteiger partial charge on any atom is 0.317 e. The summed E-state index contributed by atoms with van der Waals surface area (Å²) in [6, 6.07) is 8.10. The summed E-state index contributed by atoms with van der Waals surface area (Å²) in [6.45, 7) is 4.23. The van der Waals surface area contributed by atoms with Gasteiger partial charge in [-0.05, 0) is 61.1 Å². The second-order valence-corrected chi connectivity index (χ2v) is 7.77. The van der Waals surface area contributed by atoms with Crippen LogP contribution in [0.3, 0.4) is 0 Å². The lowest BCUT2D eigenvalue weighted by atomic mass is 9.88. The van der Waals surface area contributed by atoms with Gasteiger partial charge in [0.2, 0.25) is 0 Å². The Kier molecular flexibility index (Phi) is 4.59. The first kappa shape index (κ1) is 16.7. The number of carbonyl (C=O) groups excluding carboxylic acids is 1. The summed E-state index contributed by atoms with van der Waals surface area (Å²) in [7, 11) is 0. The van der Waals surface area contributed by atoms with E-state index in [9.17, 15) is 9.90 Å². The third kappa shape index (κ3) is 3.10. The minimum Gasteiger partial charge on any atom is -0.494 e. The summed E-state index contributed by atoms with van der Waals surface area (Å²) >= 11 is 0. The number of carbonyl (C=O) groups is 1. The van der Waals surface area contributed by atoms with Crippen LogP contribution >= 0.6 is 0 Å². The molecule has 4 rings (SSSR count). The van der Waals surface area contributed by atoms with Crippen molar-refractivity contribution in [3.63, 3.8) is 0 Å². The zero-order valence-corrected chi connectivity index (χ0v) is 14.9. The van der Waals surface area contributed by atoms with E-state index in [1.54, 1.807) is 0 Å². The van der Waals surface area contributed by atoms with Gasteiger partial charge in [-0.1, -0.05) is 19.1 Å². The maximum absolute atomic E-state index is 12.6. The number of fused-ring (bicyclic) bond motifs is 1. The van der Waals surface area contributed by atoms with Crippen molar-refractivity contribution in [3.05, 3.63) is 29.8 Å². The SMILES string of the molecule is CCCOc1cccc(CCNC(=O)N2C[C@@H]3C[C@H]4C[C@H]3[C@H]2[C@@H]4O)c1. The van der Waals surface area contributed by atoms with Gasteiger partial charge >= 0.3 is 6.03 Å². The van der Waals surface area contributed by atoms with E-state index in [4.69, 9.17) is 4.74 Å². The molecule has 1 saturated heterocycles. The third-order valence-electron chi connectivity index (χ3n) is 6.17. The molecule has 2 N–H and O–H groups in total. The minimum atomic E-state index is -0.318. The first-order valence-corrected chi connectivity index (χ1v) is 9.61. The molecule has 2 aliphatic carbocycles. The van der Waals surface area contributed by atoms with E-state index in [1.165, 1.54) is 0 Å². The van der Waals surface area contributed by atoms with Crippen LogP contribution in [-0.2, 0) is 6.42 Å². The summed E-state index contributed by atoms with van der Waals surface area (Å²) in [6.07, 6.45) is 3.65. The van der Waals surface area contributed by atoms with E-state index in [0.717, 1.165) is 50.1 Å². The summed E-state index contributed by atoms with van der Waals surface area (Å²) < 4.78 is 5.66. The molecule has 1 heterocycles. The number of ether oxygens (including phenoxy) is 1. The molecule has 5 nitrogen and oxygen atoms in total. The number of aliphatic hydroxyl groups excluding tert-OH is 1. The number of likely N-dealkylation sites (tertiary alicyclic amines) is 1. The zero-order valence-electron chi connectivity index (χ0n) is 14.9. The van der Waals surface area contributed by atoms with E-state index in [1.807, 2.05) is 23.1 Å². The highest BCUT2D eigenvalue weighted by Gasteiger charge is 2.59. The van der Waals surface area contributed by atoms with Gasteiger partial charge < -0.3 is 20.1 Å². The molecule has 0 spiro atoms. The van der Waals surface area contributed by atoms with E-state index < -0.39 is 0 Å². The van der Waals surface area contributed by atoms with Crippen molar-refractivity contribution in [1.29, 1.82) is 0 Å². The van der Waals surface area contributed by atoms with E-state index in [0.29, 0.717) is 24.3 Å². The summed E-state index contributed by atoms with van der Waals surface area (Å²) in [5, 5.41) is 13.4. The number of amides is 2. The van der Waals surface area contributed by atoms with Crippen molar-refractivity contribution in [2.24, 2.45) is 17.8 Å². The van der Waals surface area contributed by atoms with E-state index in [-0.39, 0.29) is 18.2 Å². The van der Waals surface area contributed by atoms with Gasteiger partial charge in [-0.25, -0.2) is 4.79 Å². The third-order valence-corrected chi connectivity index (χ3v) is 6.17. The number of benzene rings is 1. The van der Waals surface area contributed by atoms with Crippen LogP contribution in [0.25, 0.3) is 0 Å². The Morgan fingerprint density at radius 1 is 1.36 bits per heavy atom.